The number of rotatable bonds is 4. The average Bonchev–Trinajstić information content (AvgIpc) is 3.12. The maximum atomic E-state index is 14.2. The Labute approximate surface area is 158 Å². The van der Waals surface area contributed by atoms with Crippen molar-refractivity contribution in [3.05, 3.63) is 47.7 Å². The van der Waals surface area contributed by atoms with Crippen LogP contribution < -0.4 is 10.1 Å². The summed E-state index contributed by atoms with van der Waals surface area (Å²) in [4.78, 5) is 21.3. The first kappa shape index (κ1) is 19.8. The van der Waals surface area contributed by atoms with E-state index in [4.69, 9.17) is 4.74 Å². The molecule has 150 valence electrons. The van der Waals surface area contributed by atoms with Crippen molar-refractivity contribution in [1.82, 2.24) is 14.9 Å². The quantitative estimate of drug-likeness (QED) is 0.794. The number of hydrogen-bond acceptors (Lipinski definition) is 4. The lowest BCUT2D eigenvalue weighted by molar-refractivity contribution is -0.137. The molecule has 0 saturated carbocycles. The van der Waals surface area contributed by atoms with Crippen LogP contribution in [0.15, 0.2) is 30.6 Å². The summed E-state index contributed by atoms with van der Waals surface area (Å²) in [5.41, 5.74) is -0.570. The Hall–Kier alpha value is -2.91. The molecular weight excluding hydrogens is 380 g/mol. The Morgan fingerprint density at radius 1 is 1.36 bits per heavy atom. The van der Waals surface area contributed by atoms with Gasteiger partial charge in [-0.2, -0.15) is 22.5 Å². The first-order valence-corrected chi connectivity index (χ1v) is 8.67. The Morgan fingerprint density at radius 2 is 2.14 bits per heavy atom. The number of hydrogen-bond donors (Lipinski definition) is 1. The van der Waals surface area contributed by atoms with Crippen LogP contribution in [0.25, 0.3) is 0 Å². The summed E-state index contributed by atoms with van der Waals surface area (Å²) in [5, 5.41) is 2.44. The molecule has 6 nitrogen and oxygen atoms in total. The van der Waals surface area contributed by atoms with Crippen molar-refractivity contribution < 1.29 is 27.1 Å². The zero-order valence-corrected chi connectivity index (χ0v) is 15.0. The van der Waals surface area contributed by atoms with Crippen LogP contribution in [0.1, 0.15) is 24.6 Å². The lowest BCUT2D eigenvalue weighted by Gasteiger charge is -2.18. The molecule has 2 heterocycles. The van der Waals surface area contributed by atoms with Crippen molar-refractivity contribution in [2.24, 2.45) is 0 Å². The molecule has 28 heavy (non-hydrogen) atoms. The van der Waals surface area contributed by atoms with Crippen LogP contribution in [0.2, 0.25) is 0 Å². The fourth-order valence-corrected chi connectivity index (χ4v) is 2.86. The van der Waals surface area contributed by atoms with Gasteiger partial charge in [0, 0.05) is 18.7 Å². The van der Waals surface area contributed by atoms with Gasteiger partial charge in [-0.25, -0.2) is 9.78 Å². The molecule has 1 aromatic heterocycles. The van der Waals surface area contributed by atoms with Gasteiger partial charge in [0.05, 0.1) is 17.8 Å². The minimum atomic E-state index is -4.49. The molecule has 0 radical (unpaired) electrons. The smallest absolute Gasteiger partial charge is 0.416 e. The summed E-state index contributed by atoms with van der Waals surface area (Å²) in [5.74, 6) is -0.797. The third kappa shape index (κ3) is 4.49. The van der Waals surface area contributed by atoms with Crippen LogP contribution in [0, 0.1) is 5.82 Å². The van der Waals surface area contributed by atoms with Gasteiger partial charge in [0.2, 0.25) is 5.82 Å². The molecule has 1 aromatic carbocycles. The van der Waals surface area contributed by atoms with Gasteiger partial charge in [-0.15, -0.1) is 0 Å². The minimum absolute atomic E-state index is 0.0404. The topological polar surface area (TPSA) is 67.4 Å². The van der Waals surface area contributed by atoms with E-state index in [1.54, 1.807) is 6.92 Å². The van der Waals surface area contributed by atoms with Crippen molar-refractivity contribution in [2.45, 2.75) is 32.0 Å². The number of ether oxygens (including phenoxy) is 1. The first-order chi connectivity index (χ1) is 13.3. The normalized spacial score (nSPS) is 16.9. The van der Waals surface area contributed by atoms with Gasteiger partial charge >= 0.3 is 12.2 Å². The van der Waals surface area contributed by atoms with Crippen LogP contribution in [0.3, 0.4) is 0 Å². The summed E-state index contributed by atoms with van der Waals surface area (Å²) in [6.45, 7) is 2.24. The maximum absolute atomic E-state index is 14.2. The van der Waals surface area contributed by atoms with Gasteiger partial charge < -0.3 is 15.0 Å². The third-order valence-electron chi connectivity index (χ3n) is 4.32. The number of halogens is 4. The number of carbonyl (C=O) groups is 1. The standard InChI is InChI=1S/C18H18F4N4O2/c1-2-14-15(19)16(24-10-23-14)28-13-6-7-26(9-13)17(27)25-12-5-3-4-11(8-12)18(20,21)22/h3-5,8,10,13H,2,6-7,9H2,1H3,(H,25,27). The molecule has 2 aromatic rings. The predicted octanol–water partition coefficient (Wildman–Crippen LogP) is 3.88. The summed E-state index contributed by atoms with van der Waals surface area (Å²) in [7, 11) is 0. The summed E-state index contributed by atoms with van der Waals surface area (Å²) in [6.07, 6.45) is -2.92. The molecule has 3 rings (SSSR count). The number of amides is 2. The molecule has 0 bridgehead atoms. The summed E-state index contributed by atoms with van der Waals surface area (Å²) in [6, 6.07) is 3.83. The zero-order valence-electron chi connectivity index (χ0n) is 15.0. The van der Waals surface area contributed by atoms with E-state index in [0.29, 0.717) is 19.4 Å². The average molecular weight is 398 g/mol. The van der Waals surface area contributed by atoms with E-state index in [1.165, 1.54) is 23.4 Å². The van der Waals surface area contributed by atoms with Crippen LogP contribution in [0.5, 0.6) is 5.88 Å². The van der Waals surface area contributed by atoms with Crippen molar-refractivity contribution in [2.75, 3.05) is 18.4 Å². The van der Waals surface area contributed by atoms with Crippen molar-refractivity contribution >= 4 is 11.7 Å². The SMILES string of the molecule is CCc1ncnc(OC2CCN(C(=O)Nc3cccc(C(F)(F)F)c3)C2)c1F. The van der Waals surface area contributed by atoms with Crippen LogP contribution in [0.4, 0.5) is 28.0 Å². The fourth-order valence-electron chi connectivity index (χ4n) is 2.86. The summed E-state index contributed by atoms with van der Waals surface area (Å²) >= 11 is 0. The number of likely N-dealkylation sites (tertiary alicyclic amines) is 1. The number of anilines is 1. The fraction of sp³-hybridized carbons (Fsp3) is 0.389. The number of nitrogens with one attached hydrogen (secondary N) is 1. The Balaban J connectivity index is 1.60. The molecule has 1 saturated heterocycles. The van der Waals surface area contributed by atoms with E-state index < -0.39 is 29.7 Å². The molecule has 1 unspecified atom stereocenters. The molecule has 1 atom stereocenters. The largest absolute Gasteiger partial charge is 0.470 e. The second-order valence-corrected chi connectivity index (χ2v) is 6.28. The minimum Gasteiger partial charge on any atom is -0.470 e. The number of urea groups is 1. The van der Waals surface area contributed by atoms with E-state index in [1.807, 2.05) is 0 Å². The maximum Gasteiger partial charge on any atom is 0.416 e. The van der Waals surface area contributed by atoms with E-state index in [2.05, 4.69) is 15.3 Å². The predicted molar refractivity (Wildman–Crippen MR) is 92.4 cm³/mol. The Morgan fingerprint density at radius 3 is 2.86 bits per heavy atom. The lowest BCUT2D eigenvalue weighted by atomic mass is 10.2. The van der Waals surface area contributed by atoms with Gasteiger partial charge in [0.15, 0.2) is 0 Å². The Bertz CT molecular complexity index is 860. The van der Waals surface area contributed by atoms with Gasteiger partial charge in [-0.3, -0.25) is 0 Å². The van der Waals surface area contributed by atoms with E-state index >= 15 is 0 Å². The molecule has 1 N–H and O–H groups in total. The highest BCUT2D eigenvalue weighted by molar-refractivity contribution is 5.89. The highest BCUT2D eigenvalue weighted by Gasteiger charge is 2.32. The number of aromatic nitrogens is 2. The summed E-state index contributed by atoms with van der Waals surface area (Å²) < 4.78 is 58.0. The highest BCUT2D eigenvalue weighted by atomic mass is 19.4. The van der Waals surface area contributed by atoms with Gasteiger partial charge in [0.25, 0.3) is 5.88 Å². The number of nitrogens with zero attached hydrogens (tertiary/aromatic N) is 3. The molecule has 1 aliphatic heterocycles. The van der Waals surface area contributed by atoms with Gasteiger partial charge in [-0.05, 0) is 24.6 Å². The first-order valence-electron chi connectivity index (χ1n) is 8.67. The second-order valence-electron chi connectivity index (χ2n) is 6.28. The van der Waals surface area contributed by atoms with Crippen molar-refractivity contribution in [3.8, 4) is 5.88 Å². The lowest BCUT2D eigenvalue weighted by Crippen LogP contribution is -2.34. The van der Waals surface area contributed by atoms with Crippen LogP contribution in [-0.2, 0) is 12.6 Å². The van der Waals surface area contributed by atoms with Gasteiger partial charge in [0.1, 0.15) is 12.4 Å². The third-order valence-corrected chi connectivity index (χ3v) is 4.32. The number of alkyl halides is 3. The van der Waals surface area contributed by atoms with E-state index in [9.17, 15) is 22.4 Å². The van der Waals surface area contributed by atoms with E-state index in [-0.39, 0.29) is 23.8 Å². The van der Waals surface area contributed by atoms with Crippen LogP contribution >= 0.6 is 0 Å². The van der Waals surface area contributed by atoms with Crippen molar-refractivity contribution in [3.63, 3.8) is 0 Å². The molecule has 1 fully saturated rings. The Kier molecular flexibility index (Phi) is 5.66. The molecule has 1 aliphatic rings. The molecule has 0 aliphatic carbocycles. The molecular formula is C18H18F4N4O2. The van der Waals surface area contributed by atoms with Crippen LogP contribution in [-0.4, -0.2) is 40.1 Å². The number of benzene rings is 1. The van der Waals surface area contributed by atoms with E-state index in [0.717, 1.165) is 12.1 Å². The highest BCUT2D eigenvalue weighted by Crippen LogP contribution is 2.31. The second kappa shape index (κ2) is 7.99. The molecule has 2 amide bonds. The number of carbonyl (C=O) groups excluding carboxylic acids is 1. The zero-order chi connectivity index (χ0) is 20.3. The monoisotopic (exact) mass is 398 g/mol. The van der Waals surface area contributed by atoms with Gasteiger partial charge in [-0.1, -0.05) is 13.0 Å². The molecule has 10 heteroatoms. The molecule has 0 spiro atoms. The van der Waals surface area contributed by atoms with Crippen molar-refractivity contribution in [1.29, 1.82) is 0 Å². The number of aryl methyl sites for hydroxylation is 1.